The molecule has 0 amide bonds. The van der Waals surface area contributed by atoms with Crippen LogP contribution in [0, 0.1) is 0 Å². The highest BCUT2D eigenvalue weighted by molar-refractivity contribution is 7.88. The first-order valence-electron chi connectivity index (χ1n) is 11.7. The summed E-state index contributed by atoms with van der Waals surface area (Å²) < 4.78 is 106. The van der Waals surface area contributed by atoms with Crippen molar-refractivity contribution in [1.82, 2.24) is 0 Å². The zero-order valence-corrected chi connectivity index (χ0v) is 23.3. The lowest BCUT2D eigenvalue weighted by atomic mass is 9.94. The Hall–Kier alpha value is -4.81. The first kappa shape index (κ1) is 28.3. The third-order valence-corrected chi connectivity index (χ3v) is 9.81. The molecule has 0 unspecified atom stereocenters. The van der Waals surface area contributed by atoms with Crippen LogP contribution in [0.4, 0.5) is 0 Å². The number of phenols is 1. The number of aromatic hydroxyl groups is 1. The minimum Gasteiger partial charge on any atom is -0.507 e. The van der Waals surface area contributed by atoms with Gasteiger partial charge in [0.1, 0.15) is 37.3 Å². The molecule has 0 fully saturated rings. The summed E-state index contributed by atoms with van der Waals surface area (Å²) in [5.74, 6) is -2.60. The molecule has 0 saturated heterocycles. The van der Waals surface area contributed by atoms with Crippen LogP contribution >= 0.6 is 0 Å². The highest BCUT2D eigenvalue weighted by atomic mass is 32.2. The van der Waals surface area contributed by atoms with Gasteiger partial charge in [-0.3, -0.25) is 9.11 Å². The van der Waals surface area contributed by atoms with Gasteiger partial charge < -0.3 is 18.8 Å². The van der Waals surface area contributed by atoms with Crippen molar-refractivity contribution in [2.24, 2.45) is 0 Å². The molecule has 0 bridgehead atoms. The Bertz CT molecular complexity index is 2600. The minimum atomic E-state index is -5.12. The standard InChI is InChI=1S/C26H14O14S3/c27-18-9-20(41(31,32)33)14-5-6-15-21(42(34,35)36)10-22(16-4-3-13(18)23(14)24(15)16)43(37,38)40-12-2-1-11-7-17(25(28)29)26(30)39-19(11)8-12/h1-10,27H,(H,28,29)(H,31,32,33)(H,34,35,36). The lowest BCUT2D eigenvalue weighted by molar-refractivity contribution is 0.0692. The molecule has 5 aromatic carbocycles. The first-order chi connectivity index (χ1) is 20.0. The summed E-state index contributed by atoms with van der Waals surface area (Å²) in [4.78, 5) is 20.8. The van der Waals surface area contributed by atoms with Gasteiger partial charge in [0.25, 0.3) is 20.2 Å². The fraction of sp³-hybridized carbons (Fsp3) is 0. The number of carboxylic acids is 1. The molecule has 0 atom stereocenters. The summed E-state index contributed by atoms with van der Waals surface area (Å²) in [5.41, 5.74) is -2.11. The van der Waals surface area contributed by atoms with Gasteiger partial charge in [0.05, 0.1) is 0 Å². The number of hydrogen-bond acceptors (Lipinski definition) is 11. The van der Waals surface area contributed by atoms with E-state index < -0.39 is 73.7 Å². The second kappa shape index (κ2) is 9.09. The van der Waals surface area contributed by atoms with Crippen LogP contribution in [-0.2, 0) is 30.4 Å². The van der Waals surface area contributed by atoms with Gasteiger partial charge in [-0.2, -0.15) is 25.3 Å². The van der Waals surface area contributed by atoms with E-state index in [0.29, 0.717) is 6.07 Å². The number of fused-ring (bicyclic) bond motifs is 1. The van der Waals surface area contributed by atoms with Crippen molar-refractivity contribution in [1.29, 1.82) is 0 Å². The Kier molecular flexibility index (Phi) is 5.99. The summed E-state index contributed by atoms with van der Waals surface area (Å²) in [6.45, 7) is 0. The second-order valence-corrected chi connectivity index (χ2v) is 13.6. The van der Waals surface area contributed by atoms with Crippen LogP contribution in [0.1, 0.15) is 10.4 Å². The van der Waals surface area contributed by atoms with Gasteiger partial charge in [-0.15, -0.1) is 0 Å². The molecule has 6 aromatic rings. The fourth-order valence-electron chi connectivity index (χ4n) is 4.98. The third kappa shape index (κ3) is 4.50. The number of carboxylic acid groups (broad SMARTS) is 1. The maximum atomic E-state index is 13.6. The van der Waals surface area contributed by atoms with Gasteiger partial charge in [0, 0.05) is 49.8 Å². The number of phenolic OH excluding ortho intramolecular Hbond substituents is 1. The third-order valence-electron chi connectivity index (χ3n) is 6.73. The SMILES string of the molecule is O=C(O)c1cc2ccc(OS(=O)(=O)c3cc(S(=O)(=O)O)c4ccc5c(S(=O)(=O)O)cc(O)c6ccc3c4c65)cc2oc1=O. The van der Waals surface area contributed by atoms with E-state index in [2.05, 4.69) is 0 Å². The molecule has 0 spiro atoms. The molecular formula is C26H14O14S3. The second-order valence-electron chi connectivity index (χ2n) is 9.28. The number of hydrogen-bond donors (Lipinski definition) is 4. The van der Waals surface area contributed by atoms with Crippen molar-refractivity contribution in [2.45, 2.75) is 14.7 Å². The molecular weight excluding hydrogens is 632 g/mol. The maximum Gasteiger partial charge on any atom is 0.351 e. The van der Waals surface area contributed by atoms with E-state index in [1.165, 1.54) is 18.2 Å². The predicted molar refractivity (Wildman–Crippen MR) is 149 cm³/mol. The van der Waals surface area contributed by atoms with Crippen molar-refractivity contribution >= 4 is 79.6 Å². The molecule has 43 heavy (non-hydrogen) atoms. The minimum absolute atomic E-state index is 0.0254. The van der Waals surface area contributed by atoms with Crippen molar-refractivity contribution in [2.75, 3.05) is 0 Å². The van der Waals surface area contributed by atoms with E-state index in [4.69, 9.17) is 13.7 Å². The van der Waals surface area contributed by atoms with Crippen LogP contribution in [0.2, 0.25) is 0 Å². The zero-order chi connectivity index (χ0) is 31.2. The molecule has 220 valence electrons. The van der Waals surface area contributed by atoms with Crippen molar-refractivity contribution in [3.05, 3.63) is 76.6 Å². The Morgan fingerprint density at radius 3 is 1.81 bits per heavy atom. The van der Waals surface area contributed by atoms with Crippen molar-refractivity contribution < 1.29 is 58.0 Å². The van der Waals surface area contributed by atoms with Crippen molar-refractivity contribution in [3.8, 4) is 11.5 Å². The van der Waals surface area contributed by atoms with Gasteiger partial charge in [-0.05, 0) is 30.3 Å². The van der Waals surface area contributed by atoms with E-state index in [0.717, 1.165) is 36.4 Å². The zero-order valence-electron chi connectivity index (χ0n) is 20.9. The monoisotopic (exact) mass is 646 g/mol. The van der Waals surface area contributed by atoms with E-state index in [1.807, 2.05) is 0 Å². The molecule has 0 saturated carbocycles. The highest BCUT2D eigenvalue weighted by Crippen LogP contribution is 2.45. The summed E-state index contributed by atoms with van der Waals surface area (Å²) in [7, 11) is -15.0. The van der Waals surface area contributed by atoms with Crippen LogP contribution < -0.4 is 9.81 Å². The van der Waals surface area contributed by atoms with Gasteiger partial charge in [0.15, 0.2) is 0 Å². The molecule has 4 N–H and O–H groups in total. The van der Waals surface area contributed by atoms with Crippen LogP contribution in [0.5, 0.6) is 11.5 Å². The summed E-state index contributed by atoms with van der Waals surface area (Å²) in [6.07, 6.45) is 0. The van der Waals surface area contributed by atoms with Gasteiger partial charge in [0.2, 0.25) is 0 Å². The number of benzene rings is 5. The van der Waals surface area contributed by atoms with Gasteiger partial charge in [-0.25, -0.2) is 9.59 Å². The number of carbonyl (C=O) groups is 1. The van der Waals surface area contributed by atoms with Crippen LogP contribution in [0.25, 0.3) is 43.3 Å². The quantitative estimate of drug-likeness (QED) is 0.0878. The molecule has 6 rings (SSSR count). The van der Waals surface area contributed by atoms with E-state index >= 15 is 0 Å². The average Bonchev–Trinajstić information content (AvgIpc) is 2.90. The largest absolute Gasteiger partial charge is 0.507 e. The number of rotatable bonds is 6. The normalized spacial score (nSPS) is 12.9. The Balaban J connectivity index is 1.64. The summed E-state index contributed by atoms with van der Waals surface area (Å²) >= 11 is 0. The molecule has 0 radical (unpaired) electrons. The van der Waals surface area contributed by atoms with Gasteiger partial charge in [-0.1, -0.05) is 18.2 Å². The molecule has 1 aromatic heterocycles. The lowest BCUT2D eigenvalue weighted by Gasteiger charge is -2.18. The Labute approximate surface area is 239 Å². The molecule has 0 aliphatic carbocycles. The highest BCUT2D eigenvalue weighted by Gasteiger charge is 2.30. The summed E-state index contributed by atoms with van der Waals surface area (Å²) in [6, 6.07) is 10.4. The summed E-state index contributed by atoms with van der Waals surface area (Å²) in [5, 5.41) is 18.8. The van der Waals surface area contributed by atoms with Crippen LogP contribution in [0.3, 0.4) is 0 Å². The number of aromatic carboxylic acids is 1. The Morgan fingerprint density at radius 1 is 0.698 bits per heavy atom. The van der Waals surface area contributed by atoms with E-state index in [1.54, 1.807) is 0 Å². The van der Waals surface area contributed by atoms with Crippen LogP contribution in [0.15, 0.2) is 84.6 Å². The topological polar surface area (TPSA) is 240 Å². The van der Waals surface area contributed by atoms with Crippen LogP contribution in [-0.4, -0.2) is 50.5 Å². The molecule has 0 aliphatic heterocycles. The van der Waals surface area contributed by atoms with Crippen molar-refractivity contribution in [3.63, 3.8) is 0 Å². The molecule has 1 heterocycles. The average molecular weight is 647 g/mol. The molecule has 14 nitrogen and oxygen atoms in total. The van der Waals surface area contributed by atoms with Gasteiger partial charge >= 0.3 is 21.7 Å². The Morgan fingerprint density at radius 2 is 1.23 bits per heavy atom. The first-order valence-corrected chi connectivity index (χ1v) is 15.9. The fourth-order valence-corrected chi connectivity index (χ4v) is 7.62. The lowest BCUT2D eigenvalue weighted by Crippen LogP contribution is -2.14. The van der Waals surface area contributed by atoms with E-state index in [-0.39, 0.29) is 43.3 Å². The molecule has 0 aliphatic rings. The maximum absolute atomic E-state index is 13.6. The predicted octanol–water partition coefficient (Wildman–Crippen LogP) is 3.36. The smallest absolute Gasteiger partial charge is 0.351 e. The molecule has 17 heteroatoms. The van der Waals surface area contributed by atoms with E-state index in [9.17, 15) is 49.1 Å².